The Balaban J connectivity index is 2.09. The predicted molar refractivity (Wildman–Crippen MR) is 84.2 cm³/mol. The van der Waals surface area contributed by atoms with Gasteiger partial charge in [0.15, 0.2) is 0 Å². The summed E-state index contributed by atoms with van der Waals surface area (Å²) < 4.78 is 0. The van der Waals surface area contributed by atoms with Gasteiger partial charge in [0.2, 0.25) is 5.16 Å². The summed E-state index contributed by atoms with van der Waals surface area (Å²) in [4.78, 5) is 4.34. The van der Waals surface area contributed by atoms with Crippen LogP contribution in [-0.4, -0.2) is 27.5 Å². The summed E-state index contributed by atoms with van der Waals surface area (Å²) in [5.41, 5.74) is 3.95. The quantitative estimate of drug-likeness (QED) is 0.802. The van der Waals surface area contributed by atoms with Gasteiger partial charge in [-0.2, -0.15) is 0 Å². The summed E-state index contributed by atoms with van der Waals surface area (Å²) in [5.74, 6) is 1.78. The lowest BCUT2D eigenvalue weighted by Crippen LogP contribution is -2.23. The molecule has 0 fully saturated rings. The molecule has 2 rings (SSSR count). The highest BCUT2D eigenvalue weighted by Crippen LogP contribution is 2.24. The molecule has 0 aliphatic heterocycles. The van der Waals surface area contributed by atoms with E-state index in [1.54, 1.807) is 11.8 Å². The number of nitrogens with zero attached hydrogens (tertiary/aromatic N) is 2. The van der Waals surface area contributed by atoms with Crippen LogP contribution in [0.15, 0.2) is 23.4 Å². The Bertz CT molecular complexity index is 545. The standard InChI is InChI=1S/C15H22N4S/c1-5-16-14(9-20-15-17-12(4)18-19-15)13-7-10(2)6-11(3)8-13/h6-8,14,16H,5,9H2,1-4H3,(H,17,18,19). The molecule has 1 aromatic carbocycles. The van der Waals surface area contributed by atoms with Gasteiger partial charge in [-0.1, -0.05) is 48.0 Å². The maximum atomic E-state index is 4.34. The van der Waals surface area contributed by atoms with Crippen LogP contribution in [0.25, 0.3) is 0 Å². The fourth-order valence-corrected chi connectivity index (χ4v) is 3.21. The highest BCUT2D eigenvalue weighted by atomic mass is 32.2. The second-order valence-electron chi connectivity index (χ2n) is 5.05. The molecule has 0 saturated heterocycles. The summed E-state index contributed by atoms with van der Waals surface area (Å²) in [6.45, 7) is 9.29. The Morgan fingerprint density at radius 1 is 1.20 bits per heavy atom. The van der Waals surface area contributed by atoms with Crippen LogP contribution in [0.4, 0.5) is 0 Å². The van der Waals surface area contributed by atoms with Gasteiger partial charge in [-0.05, 0) is 32.9 Å². The number of hydrogen-bond acceptors (Lipinski definition) is 4. The van der Waals surface area contributed by atoms with Gasteiger partial charge in [0, 0.05) is 11.8 Å². The van der Waals surface area contributed by atoms with Gasteiger partial charge < -0.3 is 5.32 Å². The molecule has 0 amide bonds. The van der Waals surface area contributed by atoms with Crippen molar-refractivity contribution in [2.75, 3.05) is 12.3 Å². The molecular weight excluding hydrogens is 268 g/mol. The first-order valence-electron chi connectivity index (χ1n) is 6.92. The molecule has 0 aliphatic carbocycles. The molecule has 2 N–H and O–H groups in total. The van der Waals surface area contributed by atoms with E-state index in [0.29, 0.717) is 6.04 Å². The van der Waals surface area contributed by atoms with Crippen LogP contribution in [0.2, 0.25) is 0 Å². The lowest BCUT2D eigenvalue weighted by atomic mass is 10.0. The first-order chi connectivity index (χ1) is 9.58. The number of aryl methyl sites for hydroxylation is 3. The summed E-state index contributed by atoms with van der Waals surface area (Å²) in [5, 5.41) is 11.4. The minimum atomic E-state index is 0.322. The van der Waals surface area contributed by atoms with Crippen LogP contribution < -0.4 is 5.32 Å². The SMILES string of the molecule is CCNC(CSc1n[nH]c(C)n1)c1cc(C)cc(C)c1. The molecular formula is C15H22N4S. The third kappa shape index (κ3) is 4.08. The van der Waals surface area contributed by atoms with E-state index in [1.165, 1.54) is 16.7 Å². The number of hydrogen-bond donors (Lipinski definition) is 2. The Labute approximate surface area is 124 Å². The van der Waals surface area contributed by atoms with Gasteiger partial charge in [-0.3, -0.25) is 5.10 Å². The Kier molecular flexibility index (Phi) is 5.20. The van der Waals surface area contributed by atoms with Crippen molar-refractivity contribution in [1.29, 1.82) is 0 Å². The number of rotatable bonds is 6. The monoisotopic (exact) mass is 290 g/mol. The van der Waals surface area contributed by atoms with Crippen molar-refractivity contribution in [1.82, 2.24) is 20.5 Å². The van der Waals surface area contributed by atoms with E-state index in [2.05, 4.69) is 59.5 Å². The van der Waals surface area contributed by atoms with Crippen LogP contribution in [0, 0.1) is 20.8 Å². The summed E-state index contributed by atoms with van der Waals surface area (Å²) in [6.07, 6.45) is 0. The number of benzene rings is 1. The minimum Gasteiger partial charge on any atom is -0.309 e. The van der Waals surface area contributed by atoms with Crippen LogP contribution in [0.1, 0.15) is 35.5 Å². The van der Waals surface area contributed by atoms with E-state index >= 15 is 0 Å². The summed E-state index contributed by atoms with van der Waals surface area (Å²) in [7, 11) is 0. The Morgan fingerprint density at radius 2 is 1.90 bits per heavy atom. The predicted octanol–water partition coefficient (Wildman–Crippen LogP) is 3.17. The van der Waals surface area contributed by atoms with E-state index in [1.807, 2.05) is 6.92 Å². The normalized spacial score (nSPS) is 12.6. The van der Waals surface area contributed by atoms with Crippen molar-refractivity contribution in [2.45, 2.75) is 38.9 Å². The summed E-state index contributed by atoms with van der Waals surface area (Å²) >= 11 is 1.68. The van der Waals surface area contributed by atoms with Crippen molar-refractivity contribution >= 4 is 11.8 Å². The molecule has 4 nitrogen and oxygen atoms in total. The molecule has 2 aromatic rings. The van der Waals surface area contributed by atoms with Crippen molar-refractivity contribution in [3.05, 3.63) is 40.7 Å². The van der Waals surface area contributed by atoms with Crippen LogP contribution in [-0.2, 0) is 0 Å². The van der Waals surface area contributed by atoms with Crippen LogP contribution >= 0.6 is 11.8 Å². The summed E-state index contributed by atoms with van der Waals surface area (Å²) in [6, 6.07) is 7.04. The van der Waals surface area contributed by atoms with E-state index in [4.69, 9.17) is 0 Å². The van der Waals surface area contributed by atoms with Crippen LogP contribution in [0.3, 0.4) is 0 Å². The molecule has 0 radical (unpaired) electrons. The van der Waals surface area contributed by atoms with Crippen molar-refractivity contribution < 1.29 is 0 Å². The zero-order valence-electron chi connectivity index (χ0n) is 12.5. The second kappa shape index (κ2) is 6.90. The zero-order valence-corrected chi connectivity index (χ0v) is 13.3. The minimum absolute atomic E-state index is 0.322. The molecule has 5 heteroatoms. The Morgan fingerprint density at radius 3 is 2.45 bits per heavy atom. The molecule has 108 valence electrons. The fourth-order valence-electron chi connectivity index (χ4n) is 2.28. The molecule has 0 spiro atoms. The van der Waals surface area contributed by atoms with E-state index in [0.717, 1.165) is 23.3 Å². The van der Waals surface area contributed by atoms with E-state index in [-0.39, 0.29) is 0 Å². The molecule has 1 atom stereocenters. The molecule has 0 aliphatic rings. The second-order valence-corrected chi connectivity index (χ2v) is 6.03. The molecule has 0 bridgehead atoms. The number of H-pyrrole nitrogens is 1. The first kappa shape index (κ1) is 15.1. The highest BCUT2D eigenvalue weighted by molar-refractivity contribution is 7.99. The molecule has 1 heterocycles. The third-order valence-electron chi connectivity index (χ3n) is 3.05. The maximum Gasteiger partial charge on any atom is 0.208 e. The fraction of sp³-hybridized carbons (Fsp3) is 0.467. The van der Waals surface area contributed by atoms with Gasteiger partial charge in [0.1, 0.15) is 5.82 Å². The van der Waals surface area contributed by atoms with Gasteiger partial charge >= 0.3 is 0 Å². The van der Waals surface area contributed by atoms with E-state index < -0.39 is 0 Å². The smallest absolute Gasteiger partial charge is 0.208 e. The number of thioether (sulfide) groups is 1. The molecule has 20 heavy (non-hydrogen) atoms. The van der Waals surface area contributed by atoms with Crippen molar-refractivity contribution in [3.63, 3.8) is 0 Å². The van der Waals surface area contributed by atoms with E-state index in [9.17, 15) is 0 Å². The highest BCUT2D eigenvalue weighted by Gasteiger charge is 2.13. The molecule has 0 saturated carbocycles. The third-order valence-corrected chi connectivity index (χ3v) is 3.99. The van der Waals surface area contributed by atoms with Gasteiger partial charge in [0.05, 0.1) is 0 Å². The Hall–Kier alpha value is -1.33. The molecule has 1 unspecified atom stereocenters. The average molecular weight is 290 g/mol. The lowest BCUT2D eigenvalue weighted by molar-refractivity contribution is 0.604. The first-order valence-corrected chi connectivity index (χ1v) is 7.90. The lowest BCUT2D eigenvalue weighted by Gasteiger charge is -2.18. The largest absolute Gasteiger partial charge is 0.309 e. The zero-order chi connectivity index (χ0) is 14.5. The maximum absolute atomic E-state index is 4.34. The van der Waals surface area contributed by atoms with Gasteiger partial charge in [0.25, 0.3) is 0 Å². The van der Waals surface area contributed by atoms with Crippen LogP contribution in [0.5, 0.6) is 0 Å². The van der Waals surface area contributed by atoms with Crippen molar-refractivity contribution in [2.24, 2.45) is 0 Å². The molecule has 1 aromatic heterocycles. The number of aromatic amines is 1. The van der Waals surface area contributed by atoms with Crippen molar-refractivity contribution in [3.8, 4) is 0 Å². The van der Waals surface area contributed by atoms with Gasteiger partial charge in [-0.25, -0.2) is 4.98 Å². The number of nitrogens with one attached hydrogen (secondary N) is 2. The number of aromatic nitrogens is 3. The topological polar surface area (TPSA) is 53.6 Å². The van der Waals surface area contributed by atoms with Gasteiger partial charge in [-0.15, -0.1) is 5.10 Å². The average Bonchev–Trinajstić information content (AvgIpc) is 2.79.